The number of hydrogen-bond acceptors (Lipinski definition) is 5. The molecule has 0 saturated carbocycles. The summed E-state index contributed by atoms with van der Waals surface area (Å²) < 4.78 is 5.25. The average molecular weight is 397 g/mol. The number of amides is 1. The number of carbonyl (C=O) groups is 1. The van der Waals surface area contributed by atoms with Gasteiger partial charge in [0, 0.05) is 29.6 Å². The van der Waals surface area contributed by atoms with E-state index < -0.39 is 0 Å². The van der Waals surface area contributed by atoms with E-state index in [9.17, 15) is 4.79 Å². The monoisotopic (exact) mass is 396 g/mol. The quantitative estimate of drug-likeness (QED) is 0.707. The molecule has 1 fully saturated rings. The predicted molar refractivity (Wildman–Crippen MR) is 108 cm³/mol. The Kier molecular flexibility index (Phi) is 5.58. The van der Waals surface area contributed by atoms with Crippen molar-refractivity contribution in [2.75, 3.05) is 18.0 Å². The Morgan fingerprint density at radius 2 is 1.89 bits per heavy atom. The molecule has 1 aromatic carbocycles. The minimum absolute atomic E-state index is 0.0208. The van der Waals surface area contributed by atoms with E-state index in [2.05, 4.69) is 20.4 Å². The van der Waals surface area contributed by atoms with Crippen LogP contribution in [0, 0.1) is 5.92 Å². The summed E-state index contributed by atoms with van der Waals surface area (Å²) in [6, 6.07) is 15.2. The second kappa shape index (κ2) is 8.44. The van der Waals surface area contributed by atoms with Crippen molar-refractivity contribution < 1.29 is 9.21 Å². The highest BCUT2D eigenvalue weighted by Crippen LogP contribution is 2.24. The minimum Gasteiger partial charge on any atom is -0.467 e. The third-order valence-corrected chi connectivity index (χ3v) is 5.25. The van der Waals surface area contributed by atoms with Gasteiger partial charge >= 0.3 is 0 Å². The van der Waals surface area contributed by atoms with Crippen LogP contribution in [0.25, 0.3) is 11.3 Å². The number of piperidine rings is 1. The molecule has 1 aliphatic heterocycles. The number of anilines is 1. The van der Waals surface area contributed by atoms with Crippen LogP contribution in [-0.2, 0) is 11.3 Å². The van der Waals surface area contributed by atoms with Gasteiger partial charge in [-0.25, -0.2) is 0 Å². The maximum absolute atomic E-state index is 12.4. The fourth-order valence-corrected chi connectivity index (χ4v) is 3.50. The van der Waals surface area contributed by atoms with E-state index in [-0.39, 0.29) is 11.8 Å². The van der Waals surface area contributed by atoms with Gasteiger partial charge in [0.2, 0.25) is 5.91 Å². The second-order valence-corrected chi connectivity index (χ2v) is 7.28. The fourth-order valence-electron chi connectivity index (χ4n) is 3.37. The van der Waals surface area contributed by atoms with Crippen LogP contribution in [0.5, 0.6) is 0 Å². The van der Waals surface area contributed by atoms with Crippen LogP contribution in [-0.4, -0.2) is 29.2 Å². The fraction of sp³-hybridized carbons (Fsp3) is 0.286. The lowest BCUT2D eigenvalue weighted by Gasteiger charge is -2.31. The van der Waals surface area contributed by atoms with Gasteiger partial charge in [0.1, 0.15) is 5.76 Å². The predicted octanol–water partition coefficient (Wildman–Crippen LogP) is 3.92. The molecule has 3 aromatic rings. The molecule has 0 radical (unpaired) electrons. The molecule has 2 aromatic heterocycles. The Morgan fingerprint density at radius 1 is 1.11 bits per heavy atom. The molecule has 3 heterocycles. The first-order valence-electron chi connectivity index (χ1n) is 9.34. The zero-order chi connectivity index (χ0) is 19.3. The summed E-state index contributed by atoms with van der Waals surface area (Å²) in [5, 5.41) is 12.4. The third-order valence-electron chi connectivity index (χ3n) is 5.00. The Bertz CT molecular complexity index is 903. The lowest BCUT2D eigenvalue weighted by molar-refractivity contribution is -0.125. The molecule has 0 atom stereocenters. The summed E-state index contributed by atoms with van der Waals surface area (Å²) in [7, 11) is 0. The van der Waals surface area contributed by atoms with E-state index in [0.29, 0.717) is 11.6 Å². The molecule has 144 valence electrons. The number of aromatic nitrogens is 2. The first-order valence-corrected chi connectivity index (χ1v) is 9.71. The number of carbonyl (C=O) groups excluding carboxylic acids is 1. The molecule has 1 N–H and O–H groups in total. The highest BCUT2D eigenvalue weighted by Gasteiger charge is 2.25. The number of furan rings is 1. The number of rotatable bonds is 5. The van der Waals surface area contributed by atoms with Crippen LogP contribution in [0.4, 0.5) is 5.82 Å². The van der Waals surface area contributed by atoms with Gasteiger partial charge in [-0.1, -0.05) is 23.7 Å². The van der Waals surface area contributed by atoms with Gasteiger partial charge in [-0.3, -0.25) is 4.79 Å². The van der Waals surface area contributed by atoms with Crippen LogP contribution in [0.1, 0.15) is 18.6 Å². The van der Waals surface area contributed by atoms with Crippen molar-refractivity contribution in [1.29, 1.82) is 0 Å². The zero-order valence-corrected chi connectivity index (χ0v) is 16.1. The molecule has 1 saturated heterocycles. The van der Waals surface area contributed by atoms with Gasteiger partial charge in [-0.2, -0.15) is 0 Å². The topological polar surface area (TPSA) is 71.3 Å². The van der Waals surface area contributed by atoms with E-state index in [1.807, 2.05) is 48.5 Å². The summed E-state index contributed by atoms with van der Waals surface area (Å²) in [4.78, 5) is 14.5. The lowest BCUT2D eigenvalue weighted by atomic mass is 9.96. The molecule has 28 heavy (non-hydrogen) atoms. The van der Waals surface area contributed by atoms with Crippen molar-refractivity contribution in [1.82, 2.24) is 15.5 Å². The highest BCUT2D eigenvalue weighted by atomic mass is 35.5. The molecule has 0 aliphatic carbocycles. The van der Waals surface area contributed by atoms with Crippen LogP contribution < -0.4 is 10.2 Å². The standard InChI is InChI=1S/C21H21ClN4O2/c22-17-5-3-15(4-6-17)19-7-8-20(25-24-19)26-11-9-16(10-12-26)21(27)23-14-18-2-1-13-28-18/h1-8,13,16H,9-12,14H2,(H,23,27). The molecular formula is C21H21ClN4O2. The van der Waals surface area contributed by atoms with E-state index in [4.69, 9.17) is 16.0 Å². The molecule has 1 amide bonds. The molecular weight excluding hydrogens is 376 g/mol. The van der Waals surface area contributed by atoms with Gasteiger partial charge < -0.3 is 14.6 Å². The van der Waals surface area contributed by atoms with Crippen LogP contribution in [0.2, 0.25) is 5.02 Å². The largest absolute Gasteiger partial charge is 0.467 e. The van der Waals surface area contributed by atoms with Crippen LogP contribution >= 0.6 is 11.6 Å². The molecule has 4 rings (SSSR count). The summed E-state index contributed by atoms with van der Waals surface area (Å²) in [5.41, 5.74) is 1.79. The van der Waals surface area contributed by atoms with E-state index in [0.717, 1.165) is 48.8 Å². The summed E-state index contributed by atoms with van der Waals surface area (Å²) in [6.45, 7) is 2.01. The SMILES string of the molecule is O=C(NCc1ccco1)C1CCN(c2ccc(-c3ccc(Cl)cc3)nn2)CC1. The molecule has 6 nitrogen and oxygen atoms in total. The Morgan fingerprint density at radius 3 is 2.54 bits per heavy atom. The van der Waals surface area contributed by atoms with Crippen molar-refractivity contribution in [3.05, 3.63) is 65.6 Å². The van der Waals surface area contributed by atoms with Crippen LogP contribution in [0.3, 0.4) is 0 Å². The smallest absolute Gasteiger partial charge is 0.223 e. The minimum atomic E-state index is 0.0208. The number of nitrogens with one attached hydrogen (secondary N) is 1. The van der Waals surface area contributed by atoms with Crippen LogP contribution in [0.15, 0.2) is 59.2 Å². The van der Waals surface area contributed by atoms with Gasteiger partial charge in [0.15, 0.2) is 5.82 Å². The first-order chi connectivity index (χ1) is 13.7. The Labute approximate surface area is 168 Å². The third kappa shape index (κ3) is 4.34. The van der Waals surface area contributed by atoms with E-state index in [1.165, 1.54) is 0 Å². The maximum Gasteiger partial charge on any atom is 0.223 e. The zero-order valence-electron chi connectivity index (χ0n) is 15.3. The van der Waals surface area contributed by atoms with Crippen molar-refractivity contribution in [2.24, 2.45) is 5.92 Å². The van der Waals surface area contributed by atoms with E-state index in [1.54, 1.807) is 6.26 Å². The van der Waals surface area contributed by atoms with Gasteiger partial charge in [0.05, 0.1) is 18.5 Å². The van der Waals surface area contributed by atoms with Gasteiger partial charge in [0.25, 0.3) is 0 Å². The van der Waals surface area contributed by atoms with Crippen molar-refractivity contribution in [3.8, 4) is 11.3 Å². The molecule has 0 spiro atoms. The number of hydrogen-bond donors (Lipinski definition) is 1. The van der Waals surface area contributed by atoms with Gasteiger partial charge in [-0.05, 0) is 49.2 Å². The Balaban J connectivity index is 1.31. The Hall–Kier alpha value is -2.86. The molecule has 0 bridgehead atoms. The number of benzene rings is 1. The van der Waals surface area contributed by atoms with Gasteiger partial charge in [-0.15, -0.1) is 10.2 Å². The highest BCUT2D eigenvalue weighted by molar-refractivity contribution is 6.30. The number of nitrogens with zero attached hydrogens (tertiary/aromatic N) is 3. The summed E-state index contributed by atoms with van der Waals surface area (Å²) in [6.07, 6.45) is 3.20. The maximum atomic E-state index is 12.4. The van der Waals surface area contributed by atoms with E-state index >= 15 is 0 Å². The normalized spacial score (nSPS) is 14.8. The summed E-state index contributed by atoms with van der Waals surface area (Å²) >= 11 is 5.93. The average Bonchev–Trinajstić information content (AvgIpc) is 3.27. The molecule has 0 unspecified atom stereocenters. The molecule has 1 aliphatic rings. The van der Waals surface area contributed by atoms with Crippen molar-refractivity contribution in [2.45, 2.75) is 19.4 Å². The molecule has 7 heteroatoms. The summed E-state index contributed by atoms with van der Waals surface area (Å²) in [5.74, 6) is 1.71. The lowest BCUT2D eigenvalue weighted by Crippen LogP contribution is -2.40. The number of halogens is 1. The van der Waals surface area contributed by atoms with Crippen molar-refractivity contribution >= 4 is 23.3 Å². The van der Waals surface area contributed by atoms with Crippen molar-refractivity contribution in [3.63, 3.8) is 0 Å². The first kappa shape index (κ1) is 18.5. The second-order valence-electron chi connectivity index (χ2n) is 6.84.